The third kappa shape index (κ3) is 3.95. The van der Waals surface area contributed by atoms with Gasteiger partial charge in [0.15, 0.2) is 5.96 Å². The van der Waals surface area contributed by atoms with E-state index in [0.29, 0.717) is 18.5 Å². The zero-order chi connectivity index (χ0) is 16.5. The van der Waals surface area contributed by atoms with Gasteiger partial charge in [-0.1, -0.05) is 24.3 Å². The highest BCUT2D eigenvalue weighted by atomic mass is 127. The smallest absolute Gasteiger partial charge is 0.193 e. The molecular weight excluding hydrogens is 425 g/mol. The molecule has 0 saturated heterocycles. The summed E-state index contributed by atoms with van der Waals surface area (Å²) in [5.41, 5.74) is 10.4. The molecular formula is C19H22IN5. The average Bonchev–Trinajstić information content (AvgIpc) is 3.33. The number of nitrogens with two attached hydrogens (primary N) is 1. The van der Waals surface area contributed by atoms with Gasteiger partial charge in [0.05, 0.1) is 11.0 Å². The van der Waals surface area contributed by atoms with E-state index in [1.54, 1.807) is 0 Å². The van der Waals surface area contributed by atoms with E-state index in [1.807, 2.05) is 24.3 Å². The van der Waals surface area contributed by atoms with Gasteiger partial charge in [0, 0.05) is 11.7 Å². The van der Waals surface area contributed by atoms with Crippen LogP contribution in [-0.2, 0) is 6.54 Å². The maximum absolute atomic E-state index is 6.04. The molecule has 3 N–H and O–H groups in total. The number of rotatable bonds is 4. The Labute approximate surface area is 164 Å². The molecule has 1 fully saturated rings. The molecule has 0 spiro atoms. The summed E-state index contributed by atoms with van der Waals surface area (Å²) in [6, 6.07) is 16.9. The van der Waals surface area contributed by atoms with Gasteiger partial charge in [-0.3, -0.25) is 0 Å². The summed E-state index contributed by atoms with van der Waals surface area (Å²) >= 11 is 0. The molecule has 6 heteroatoms. The summed E-state index contributed by atoms with van der Waals surface area (Å²) in [6.45, 7) is 2.53. The fraction of sp³-hybridized carbons (Fsp3) is 0.263. The van der Waals surface area contributed by atoms with E-state index in [1.165, 1.54) is 23.9 Å². The van der Waals surface area contributed by atoms with Crippen LogP contribution in [0.2, 0.25) is 0 Å². The Morgan fingerprint density at radius 3 is 2.80 bits per heavy atom. The third-order valence-electron chi connectivity index (χ3n) is 4.26. The molecule has 1 heterocycles. The topological polar surface area (TPSA) is 68.2 Å². The van der Waals surface area contributed by atoms with E-state index in [0.717, 1.165) is 17.0 Å². The Kier molecular flexibility index (Phi) is 5.27. The Hall–Kier alpha value is -2.09. The number of hydrogen-bond donors (Lipinski definition) is 2. The van der Waals surface area contributed by atoms with Gasteiger partial charge in [0.25, 0.3) is 0 Å². The zero-order valence-electron chi connectivity index (χ0n) is 14.1. The van der Waals surface area contributed by atoms with E-state index in [9.17, 15) is 0 Å². The van der Waals surface area contributed by atoms with Crippen LogP contribution < -0.4 is 11.1 Å². The van der Waals surface area contributed by atoms with Gasteiger partial charge in [-0.2, -0.15) is 0 Å². The lowest BCUT2D eigenvalue weighted by Gasteiger charge is -2.08. The van der Waals surface area contributed by atoms with Crippen LogP contribution in [-0.4, -0.2) is 15.5 Å². The Morgan fingerprint density at radius 2 is 2.04 bits per heavy atom. The van der Waals surface area contributed by atoms with Crippen molar-refractivity contribution in [2.24, 2.45) is 10.7 Å². The molecule has 0 atom stereocenters. The predicted octanol–water partition coefficient (Wildman–Crippen LogP) is 4.22. The number of para-hydroxylation sites is 2. The van der Waals surface area contributed by atoms with E-state index in [-0.39, 0.29) is 24.0 Å². The Morgan fingerprint density at radius 1 is 1.24 bits per heavy atom. The Balaban J connectivity index is 0.00000182. The number of imidazole rings is 1. The highest BCUT2D eigenvalue weighted by molar-refractivity contribution is 14.0. The van der Waals surface area contributed by atoms with Crippen LogP contribution >= 0.6 is 24.0 Å². The largest absolute Gasteiger partial charge is 0.370 e. The van der Waals surface area contributed by atoms with Crippen molar-refractivity contribution in [1.29, 1.82) is 0 Å². The maximum atomic E-state index is 6.04. The molecule has 0 unspecified atom stereocenters. The summed E-state index contributed by atoms with van der Waals surface area (Å²) in [7, 11) is 0. The van der Waals surface area contributed by atoms with E-state index in [2.05, 4.69) is 46.1 Å². The molecule has 1 aliphatic rings. The number of anilines is 1. The van der Waals surface area contributed by atoms with Crippen LogP contribution in [0.3, 0.4) is 0 Å². The van der Waals surface area contributed by atoms with Crippen molar-refractivity contribution < 1.29 is 0 Å². The normalized spacial score (nSPS) is 14.4. The second-order valence-corrected chi connectivity index (χ2v) is 6.31. The second-order valence-electron chi connectivity index (χ2n) is 6.31. The molecule has 1 aromatic heterocycles. The summed E-state index contributed by atoms with van der Waals surface area (Å²) < 4.78 is 2.32. The maximum Gasteiger partial charge on any atom is 0.193 e. The molecule has 25 heavy (non-hydrogen) atoms. The average molecular weight is 447 g/mol. The van der Waals surface area contributed by atoms with Crippen molar-refractivity contribution >= 4 is 46.7 Å². The van der Waals surface area contributed by atoms with Gasteiger partial charge in [0.2, 0.25) is 0 Å². The van der Waals surface area contributed by atoms with Gasteiger partial charge >= 0.3 is 0 Å². The first-order valence-electron chi connectivity index (χ1n) is 8.30. The van der Waals surface area contributed by atoms with Crippen LogP contribution in [0.5, 0.6) is 0 Å². The predicted molar refractivity (Wildman–Crippen MR) is 114 cm³/mol. The fourth-order valence-corrected chi connectivity index (χ4v) is 3.01. The first-order chi connectivity index (χ1) is 11.7. The minimum absolute atomic E-state index is 0. The number of nitrogens with zero attached hydrogens (tertiary/aromatic N) is 3. The molecule has 0 amide bonds. The Bertz CT molecular complexity index is 911. The number of halogens is 1. The second kappa shape index (κ2) is 7.43. The molecule has 5 nitrogen and oxygen atoms in total. The number of nitrogens with one attached hydrogen (secondary N) is 1. The molecule has 4 rings (SSSR count). The highest BCUT2D eigenvalue weighted by Crippen LogP contribution is 2.38. The number of aromatic nitrogens is 2. The van der Waals surface area contributed by atoms with Crippen LogP contribution in [0, 0.1) is 6.92 Å². The van der Waals surface area contributed by atoms with Crippen molar-refractivity contribution in [2.45, 2.75) is 32.4 Å². The highest BCUT2D eigenvalue weighted by Gasteiger charge is 2.27. The van der Waals surface area contributed by atoms with Crippen LogP contribution in [0.15, 0.2) is 53.5 Å². The van der Waals surface area contributed by atoms with E-state index >= 15 is 0 Å². The lowest BCUT2D eigenvalue weighted by Crippen LogP contribution is -2.22. The van der Waals surface area contributed by atoms with E-state index < -0.39 is 0 Å². The van der Waals surface area contributed by atoms with Crippen molar-refractivity contribution in [3.8, 4) is 0 Å². The number of benzene rings is 2. The minimum Gasteiger partial charge on any atom is -0.370 e. The standard InChI is InChI=1S/C19H21N5.HI/c1-13-5-4-6-14(11-13)22-19(20)21-12-18-23-16-7-2-3-8-17(16)24(18)15-9-10-15;/h2-8,11,15H,9-10,12H2,1H3,(H3,20,21,22);1H. The molecule has 1 saturated carbocycles. The molecule has 2 aromatic carbocycles. The van der Waals surface area contributed by atoms with Crippen LogP contribution in [0.4, 0.5) is 5.69 Å². The minimum atomic E-state index is 0. The van der Waals surface area contributed by atoms with Crippen LogP contribution in [0.25, 0.3) is 11.0 Å². The lowest BCUT2D eigenvalue weighted by atomic mass is 10.2. The fourth-order valence-electron chi connectivity index (χ4n) is 3.01. The molecule has 0 aliphatic heterocycles. The summed E-state index contributed by atoms with van der Waals surface area (Å²) in [4.78, 5) is 9.23. The third-order valence-corrected chi connectivity index (χ3v) is 4.26. The first kappa shape index (κ1) is 17.7. The van der Waals surface area contributed by atoms with Gasteiger partial charge in [-0.15, -0.1) is 24.0 Å². The van der Waals surface area contributed by atoms with Crippen LogP contribution in [0.1, 0.15) is 30.3 Å². The molecule has 130 valence electrons. The molecule has 0 bridgehead atoms. The van der Waals surface area contributed by atoms with Crippen molar-refractivity contribution in [1.82, 2.24) is 9.55 Å². The molecule has 3 aromatic rings. The van der Waals surface area contributed by atoms with Crippen molar-refractivity contribution in [3.63, 3.8) is 0 Å². The summed E-state index contributed by atoms with van der Waals surface area (Å²) in [5.74, 6) is 1.39. The lowest BCUT2D eigenvalue weighted by molar-refractivity contribution is 0.702. The van der Waals surface area contributed by atoms with Gasteiger partial charge < -0.3 is 15.6 Å². The van der Waals surface area contributed by atoms with Gasteiger partial charge in [-0.25, -0.2) is 9.98 Å². The first-order valence-corrected chi connectivity index (χ1v) is 8.30. The summed E-state index contributed by atoms with van der Waals surface area (Å²) in [6.07, 6.45) is 2.43. The van der Waals surface area contributed by atoms with Crippen molar-refractivity contribution in [3.05, 3.63) is 59.9 Å². The number of aryl methyl sites for hydroxylation is 1. The number of guanidine groups is 1. The number of aliphatic imine (C=N–C) groups is 1. The summed E-state index contributed by atoms with van der Waals surface area (Å²) in [5, 5.41) is 3.14. The van der Waals surface area contributed by atoms with Gasteiger partial charge in [0.1, 0.15) is 12.4 Å². The number of fused-ring (bicyclic) bond motifs is 1. The monoisotopic (exact) mass is 447 g/mol. The van der Waals surface area contributed by atoms with E-state index in [4.69, 9.17) is 10.7 Å². The molecule has 0 radical (unpaired) electrons. The van der Waals surface area contributed by atoms with Gasteiger partial charge in [-0.05, 0) is 49.6 Å². The molecule has 1 aliphatic carbocycles. The number of hydrogen-bond acceptors (Lipinski definition) is 2. The quantitative estimate of drug-likeness (QED) is 0.358. The zero-order valence-corrected chi connectivity index (χ0v) is 16.5. The van der Waals surface area contributed by atoms with Crippen molar-refractivity contribution in [2.75, 3.05) is 5.32 Å². The SMILES string of the molecule is Cc1cccc(NC(N)=NCc2nc3ccccc3n2C2CC2)c1.I.